The maximum absolute atomic E-state index is 5.71. The predicted octanol–water partition coefficient (Wildman–Crippen LogP) is 3.68. The van der Waals surface area contributed by atoms with Crippen molar-refractivity contribution in [2.24, 2.45) is 12.0 Å². The molecule has 154 valence electrons. The highest BCUT2D eigenvalue weighted by atomic mass is 16.5. The average molecular weight is 386 g/mol. The zero-order valence-corrected chi connectivity index (χ0v) is 18.4. The zero-order valence-electron chi connectivity index (χ0n) is 18.4. The van der Waals surface area contributed by atoms with Crippen LogP contribution in [0.3, 0.4) is 0 Å². The van der Waals surface area contributed by atoms with Crippen molar-refractivity contribution in [3.05, 3.63) is 52.8 Å². The number of ether oxygens (including phenoxy) is 1. The van der Waals surface area contributed by atoms with Crippen LogP contribution in [0.25, 0.3) is 0 Å². The number of benzene rings is 1. The predicted molar refractivity (Wildman–Crippen MR) is 115 cm³/mol. The SMILES string of the molecule is CN=C(NCc1cccc(COC(C)C)c1)N(C)Cc1cn(C)nc1C(C)C. The summed E-state index contributed by atoms with van der Waals surface area (Å²) in [5, 5.41) is 8.06. The number of hydrogen-bond acceptors (Lipinski definition) is 3. The average Bonchev–Trinajstić information content (AvgIpc) is 3.01. The molecule has 0 fully saturated rings. The van der Waals surface area contributed by atoms with Crippen LogP contribution in [-0.4, -0.2) is 40.8 Å². The highest BCUT2D eigenvalue weighted by Gasteiger charge is 2.15. The van der Waals surface area contributed by atoms with Gasteiger partial charge in [0, 0.05) is 46.0 Å². The smallest absolute Gasteiger partial charge is 0.193 e. The van der Waals surface area contributed by atoms with Crippen LogP contribution in [-0.2, 0) is 31.5 Å². The topological polar surface area (TPSA) is 54.7 Å². The van der Waals surface area contributed by atoms with E-state index in [4.69, 9.17) is 4.74 Å². The van der Waals surface area contributed by atoms with Gasteiger partial charge in [-0.15, -0.1) is 0 Å². The van der Waals surface area contributed by atoms with Gasteiger partial charge in [-0.1, -0.05) is 38.1 Å². The lowest BCUT2D eigenvalue weighted by atomic mass is 10.1. The number of hydrogen-bond donors (Lipinski definition) is 1. The summed E-state index contributed by atoms with van der Waals surface area (Å²) in [4.78, 5) is 6.58. The van der Waals surface area contributed by atoms with Gasteiger partial charge in [-0.05, 0) is 30.9 Å². The van der Waals surface area contributed by atoms with E-state index in [1.54, 1.807) is 0 Å². The van der Waals surface area contributed by atoms with Gasteiger partial charge in [0.25, 0.3) is 0 Å². The highest BCUT2D eigenvalue weighted by molar-refractivity contribution is 5.79. The second-order valence-corrected chi connectivity index (χ2v) is 7.80. The van der Waals surface area contributed by atoms with Gasteiger partial charge in [0.2, 0.25) is 0 Å². The van der Waals surface area contributed by atoms with E-state index in [1.165, 1.54) is 16.7 Å². The first kappa shape index (κ1) is 22.0. The van der Waals surface area contributed by atoms with Gasteiger partial charge in [-0.3, -0.25) is 9.67 Å². The highest BCUT2D eigenvalue weighted by Crippen LogP contribution is 2.18. The van der Waals surface area contributed by atoms with Crippen LogP contribution in [0.1, 0.15) is 56.0 Å². The largest absolute Gasteiger partial charge is 0.374 e. The molecule has 0 saturated heterocycles. The second-order valence-electron chi connectivity index (χ2n) is 7.80. The van der Waals surface area contributed by atoms with E-state index in [1.807, 2.05) is 18.8 Å². The molecular formula is C22H35N5O. The Labute approximate surface area is 169 Å². The van der Waals surface area contributed by atoms with Crippen molar-refractivity contribution < 1.29 is 4.74 Å². The molecule has 6 heteroatoms. The van der Waals surface area contributed by atoms with E-state index >= 15 is 0 Å². The minimum Gasteiger partial charge on any atom is -0.374 e. The van der Waals surface area contributed by atoms with E-state index in [0.29, 0.717) is 12.5 Å². The number of aliphatic imine (C=N–C) groups is 1. The van der Waals surface area contributed by atoms with Crippen LogP contribution in [0.15, 0.2) is 35.5 Å². The molecular weight excluding hydrogens is 350 g/mol. The molecule has 0 unspecified atom stereocenters. The third-order valence-electron chi connectivity index (χ3n) is 4.49. The van der Waals surface area contributed by atoms with Crippen LogP contribution in [0.4, 0.5) is 0 Å². The van der Waals surface area contributed by atoms with E-state index in [0.717, 1.165) is 24.7 Å². The lowest BCUT2D eigenvalue weighted by molar-refractivity contribution is 0.0657. The Bertz CT molecular complexity index is 779. The van der Waals surface area contributed by atoms with Crippen LogP contribution in [0.5, 0.6) is 0 Å². The number of nitrogens with one attached hydrogen (secondary N) is 1. The molecule has 0 atom stereocenters. The molecule has 28 heavy (non-hydrogen) atoms. The van der Waals surface area contributed by atoms with Gasteiger partial charge >= 0.3 is 0 Å². The lowest BCUT2D eigenvalue weighted by Crippen LogP contribution is -2.38. The first-order chi connectivity index (χ1) is 13.3. The van der Waals surface area contributed by atoms with Gasteiger partial charge in [0.15, 0.2) is 5.96 Å². The molecule has 0 amide bonds. The van der Waals surface area contributed by atoms with Crippen molar-refractivity contribution in [3.63, 3.8) is 0 Å². The maximum atomic E-state index is 5.71. The summed E-state index contributed by atoms with van der Waals surface area (Å²) in [5.74, 6) is 1.26. The molecule has 1 aromatic heterocycles. The Morgan fingerprint density at radius 2 is 1.96 bits per heavy atom. The van der Waals surface area contributed by atoms with E-state index < -0.39 is 0 Å². The molecule has 0 aliphatic rings. The van der Waals surface area contributed by atoms with Gasteiger partial charge < -0.3 is 15.0 Å². The zero-order chi connectivity index (χ0) is 20.7. The summed E-state index contributed by atoms with van der Waals surface area (Å²) in [5.41, 5.74) is 4.77. The summed E-state index contributed by atoms with van der Waals surface area (Å²) >= 11 is 0. The number of aryl methyl sites for hydroxylation is 1. The first-order valence-corrected chi connectivity index (χ1v) is 9.93. The van der Waals surface area contributed by atoms with Crippen molar-refractivity contribution in [2.45, 2.75) is 59.4 Å². The monoisotopic (exact) mass is 385 g/mol. The minimum atomic E-state index is 0.234. The summed E-state index contributed by atoms with van der Waals surface area (Å²) in [6.07, 6.45) is 2.33. The summed E-state index contributed by atoms with van der Waals surface area (Å²) in [6, 6.07) is 8.48. The fraction of sp³-hybridized carbons (Fsp3) is 0.545. The van der Waals surface area contributed by atoms with Crippen LogP contribution < -0.4 is 5.32 Å². The molecule has 0 saturated carbocycles. The second kappa shape index (κ2) is 10.3. The van der Waals surface area contributed by atoms with E-state index in [-0.39, 0.29) is 6.10 Å². The number of rotatable bonds is 8. The van der Waals surface area contributed by atoms with E-state index in [9.17, 15) is 0 Å². The minimum absolute atomic E-state index is 0.234. The van der Waals surface area contributed by atoms with Crippen LogP contribution in [0, 0.1) is 0 Å². The molecule has 2 rings (SSSR count). The van der Waals surface area contributed by atoms with Crippen LogP contribution >= 0.6 is 0 Å². The van der Waals surface area contributed by atoms with Crippen molar-refractivity contribution >= 4 is 5.96 Å². The summed E-state index contributed by atoms with van der Waals surface area (Å²) in [6.45, 7) is 10.6. The fourth-order valence-electron chi connectivity index (χ4n) is 3.15. The Morgan fingerprint density at radius 3 is 2.61 bits per heavy atom. The molecule has 1 heterocycles. The molecule has 2 aromatic rings. The standard InChI is InChI=1S/C22H35N5O/c1-16(2)21-20(14-27(7)25-21)13-26(6)22(23-5)24-12-18-9-8-10-19(11-18)15-28-17(3)4/h8-11,14,16-17H,12-13,15H2,1-7H3,(H,23,24). The normalized spacial score (nSPS) is 12.1. The number of guanidine groups is 1. The molecule has 0 aliphatic heterocycles. The molecule has 6 nitrogen and oxygen atoms in total. The fourth-order valence-corrected chi connectivity index (χ4v) is 3.15. The van der Waals surface area contributed by atoms with Gasteiger partial charge in [-0.2, -0.15) is 5.10 Å². The number of nitrogens with zero attached hydrogens (tertiary/aromatic N) is 4. The molecule has 1 N–H and O–H groups in total. The van der Waals surface area contributed by atoms with Crippen molar-refractivity contribution in [1.29, 1.82) is 0 Å². The van der Waals surface area contributed by atoms with Crippen molar-refractivity contribution in [2.75, 3.05) is 14.1 Å². The Balaban J connectivity index is 1.98. The van der Waals surface area contributed by atoms with E-state index in [2.05, 4.69) is 85.5 Å². The van der Waals surface area contributed by atoms with Gasteiger partial charge in [0.05, 0.1) is 18.4 Å². The molecule has 0 aliphatic carbocycles. The summed E-state index contributed by atoms with van der Waals surface area (Å²) < 4.78 is 7.59. The quantitative estimate of drug-likeness (QED) is 0.556. The number of aromatic nitrogens is 2. The Hall–Kier alpha value is -2.34. The molecule has 0 bridgehead atoms. The molecule has 0 radical (unpaired) electrons. The lowest BCUT2D eigenvalue weighted by Gasteiger charge is -2.22. The molecule has 1 aromatic carbocycles. The first-order valence-electron chi connectivity index (χ1n) is 9.93. The Morgan fingerprint density at radius 1 is 1.25 bits per heavy atom. The van der Waals surface area contributed by atoms with Crippen molar-refractivity contribution in [3.8, 4) is 0 Å². The molecule has 0 spiro atoms. The summed E-state index contributed by atoms with van der Waals surface area (Å²) in [7, 11) is 5.84. The van der Waals surface area contributed by atoms with Gasteiger partial charge in [-0.25, -0.2) is 0 Å². The van der Waals surface area contributed by atoms with Gasteiger partial charge in [0.1, 0.15) is 0 Å². The maximum Gasteiger partial charge on any atom is 0.193 e. The van der Waals surface area contributed by atoms with Crippen molar-refractivity contribution in [1.82, 2.24) is 20.0 Å². The third-order valence-corrected chi connectivity index (χ3v) is 4.49. The third kappa shape index (κ3) is 6.37. The Kier molecular flexibility index (Phi) is 8.05. The van der Waals surface area contributed by atoms with Crippen LogP contribution in [0.2, 0.25) is 0 Å².